The summed E-state index contributed by atoms with van der Waals surface area (Å²) >= 11 is 0.796. The monoisotopic (exact) mass is 605 g/mol. The lowest BCUT2D eigenvalue weighted by Gasteiger charge is -2.28. The Morgan fingerprint density at radius 3 is 2.57 bits per heavy atom. The summed E-state index contributed by atoms with van der Waals surface area (Å²) in [6.07, 6.45) is 11.2. The van der Waals surface area contributed by atoms with E-state index in [1.807, 2.05) is 33.0 Å². The van der Waals surface area contributed by atoms with Crippen molar-refractivity contribution in [2.45, 2.75) is 99.0 Å². The zero-order valence-electron chi connectivity index (χ0n) is 27.2. The maximum absolute atomic E-state index is 13.2. The summed E-state index contributed by atoms with van der Waals surface area (Å²) in [4.78, 5) is 35.4. The van der Waals surface area contributed by atoms with Gasteiger partial charge in [0, 0.05) is 37.5 Å². The van der Waals surface area contributed by atoms with Crippen LogP contribution in [0, 0.1) is 5.92 Å². The van der Waals surface area contributed by atoms with E-state index in [2.05, 4.69) is 50.8 Å². The number of likely N-dealkylation sites (tertiary alicyclic amines) is 1. The van der Waals surface area contributed by atoms with Crippen molar-refractivity contribution >= 4 is 28.7 Å². The van der Waals surface area contributed by atoms with Crippen molar-refractivity contribution in [2.24, 2.45) is 10.9 Å². The van der Waals surface area contributed by atoms with Crippen molar-refractivity contribution < 1.29 is 24.3 Å². The smallest absolute Gasteiger partial charge is 0.364 e. The number of aliphatic imine (C=N–C) groups is 1. The van der Waals surface area contributed by atoms with Crippen LogP contribution in [0.15, 0.2) is 35.5 Å². The first kappa shape index (κ1) is 37.7. The van der Waals surface area contributed by atoms with E-state index in [1.165, 1.54) is 23.1 Å². The molecular weight excluding hydrogens is 550 g/mol. The molecule has 238 valence electrons. The van der Waals surface area contributed by atoms with Crippen LogP contribution in [0.4, 0.5) is 4.79 Å². The zero-order chi connectivity index (χ0) is 31.5. The van der Waals surface area contributed by atoms with Gasteiger partial charge in [0.2, 0.25) is 0 Å². The maximum atomic E-state index is 13.2. The van der Waals surface area contributed by atoms with Gasteiger partial charge in [-0.1, -0.05) is 59.8 Å². The Balaban J connectivity index is 0.00000114. The molecule has 1 saturated heterocycles. The van der Waals surface area contributed by atoms with E-state index in [4.69, 9.17) is 19.7 Å². The molecule has 2 heterocycles. The van der Waals surface area contributed by atoms with E-state index in [0.29, 0.717) is 37.6 Å². The van der Waals surface area contributed by atoms with E-state index in [1.54, 1.807) is 5.06 Å². The van der Waals surface area contributed by atoms with Gasteiger partial charge in [-0.3, -0.25) is 19.5 Å². The van der Waals surface area contributed by atoms with Crippen LogP contribution in [0.2, 0.25) is 0 Å². The van der Waals surface area contributed by atoms with Crippen LogP contribution >= 0.6 is 11.8 Å². The van der Waals surface area contributed by atoms with Gasteiger partial charge in [-0.05, 0) is 86.1 Å². The fourth-order valence-electron chi connectivity index (χ4n) is 5.09. The minimum Gasteiger partial charge on any atom is -0.493 e. The summed E-state index contributed by atoms with van der Waals surface area (Å²) in [5.74, 6) is 1.93. The standard InChI is InChI=1S/C29H45N3O3.C2H4O2S.C2H6/c1-6-14-30-27(22(4)5)11-10-26-19-25(23-9-12-28-24(18-23)13-17-34-28)20-31(26)21-29(33)32(15-7-2)35-16-8-3;1-5-2(3)4;1-2/h6,9,12,14,18,22,25-26H,7-8,10-11,13,15-17,19-21H2,1-5H3;1H3,(H,3,4);1-2H3/b14-6-,30-27?;;. The maximum Gasteiger partial charge on any atom is 0.364 e. The second-order valence-electron chi connectivity index (χ2n) is 10.6. The van der Waals surface area contributed by atoms with Crippen LogP contribution in [-0.2, 0) is 16.1 Å². The van der Waals surface area contributed by atoms with Crippen LogP contribution in [0.1, 0.15) is 97.6 Å². The summed E-state index contributed by atoms with van der Waals surface area (Å²) in [7, 11) is 0. The number of hydroxylamine groups is 2. The molecule has 1 fully saturated rings. The molecule has 0 aliphatic carbocycles. The van der Waals surface area contributed by atoms with Crippen LogP contribution < -0.4 is 4.74 Å². The van der Waals surface area contributed by atoms with E-state index in [9.17, 15) is 9.59 Å². The molecule has 2 aliphatic heterocycles. The molecule has 9 heteroatoms. The molecule has 2 atom stereocenters. The molecule has 0 spiro atoms. The first-order valence-corrected chi connectivity index (χ1v) is 16.8. The minimum absolute atomic E-state index is 0.0694. The van der Waals surface area contributed by atoms with Gasteiger partial charge < -0.3 is 9.84 Å². The van der Waals surface area contributed by atoms with Gasteiger partial charge >= 0.3 is 5.30 Å². The van der Waals surface area contributed by atoms with Crippen molar-refractivity contribution in [3.8, 4) is 5.75 Å². The van der Waals surface area contributed by atoms with Crippen LogP contribution in [-0.4, -0.2) is 77.1 Å². The van der Waals surface area contributed by atoms with Gasteiger partial charge in [-0.15, -0.1) is 0 Å². The SMILES string of the molecule is C/C=C\N=C(CCC1CC(c2ccc3c(c2)CCO3)CN1CC(=O)N(CCC)OCCC)C(C)C.CC.CSC(=O)O. The van der Waals surface area contributed by atoms with Crippen molar-refractivity contribution in [3.63, 3.8) is 0 Å². The number of allylic oxidation sites excluding steroid dienone is 1. The fraction of sp³-hybridized carbons (Fsp3) is 0.667. The van der Waals surface area contributed by atoms with Crippen molar-refractivity contribution in [2.75, 3.05) is 39.1 Å². The predicted molar refractivity (Wildman–Crippen MR) is 176 cm³/mol. The van der Waals surface area contributed by atoms with Crippen molar-refractivity contribution in [3.05, 3.63) is 41.6 Å². The number of thioether (sulfide) groups is 1. The first-order valence-electron chi connectivity index (χ1n) is 15.6. The quantitative estimate of drug-likeness (QED) is 0.181. The topological polar surface area (TPSA) is 91.7 Å². The highest BCUT2D eigenvalue weighted by molar-refractivity contribution is 8.12. The molecule has 0 saturated carbocycles. The lowest BCUT2D eigenvalue weighted by Crippen LogP contribution is -2.43. The van der Waals surface area contributed by atoms with Crippen LogP contribution in [0.25, 0.3) is 0 Å². The Bertz CT molecular complexity index is 998. The van der Waals surface area contributed by atoms with Crippen LogP contribution in [0.5, 0.6) is 5.75 Å². The zero-order valence-corrected chi connectivity index (χ0v) is 28.0. The van der Waals surface area contributed by atoms with E-state index in [0.717, 1.165) is 69.2 Å². The number of carbonyl (C=O) groups excluding carboxylic acids is 1. The first-order chi connectivity index (χ1) is 20.2. The number of amides is 1. The van der Waals surface area contributed by atoms with Crippen LogP contribution in [0.3, 0.4) is 0 Å². The number of rotatable bonds is 13. The fourth-order valence-corrected chi connectivity index (χ4v) is 5.09. The summed E-state index contributed by atoms with van der Waals surface area (Å²) in [6.45, 7) is 17.9. The second-order valence-corrected chi connectivity index (χ2v) is 11.3. The highest BCUT2D eigenvalue weighted by Gasteiger charge is 2.35. The van der Waals surface area contributed by atoms with E-state index >= 15 is 0 Å². The molecule has 1 aromatic rings. The summed E-state index contributed by atoms with van der Waals surface area (Å²) < 4.78 is 5.72. The van der Waals surface area contributed by atoms with Crippen molar-refractivity contribution in [1.82, 2.24) is 9.96 Å². The number of hydrogen-bond donors (Lipinski definition) is 1. The third-order valence-electron chi connectivity index (χ3n) is 7.17. The molecule has 1 amide bonds. The number of benzene rings is 1. The number of ether oxygens (including phenoxy) is 1. The molecule has 2 unspecified atom stereocenters. The molecule has 2 aliphatic rings. The van der Waals surface area contributed by atoms with Gasteiger partial charge in [-0.25, -0.2) is 9.86 Å². The molecule has 0 aromatic heterocycles. The molecule has 1 N–H and O–H groups in total. The largest absolute Gasteiger partial charge is 0.493 e. The summed E-state index contributed by atoms with van der Waals surface area (Å²) in [6, 6.07) is 7.02. The predicted octanol–water partition coefficient (Wildman–Crippen LogP) is 7.82. The highest BCUT2D eigenvalue weighted by Crippen LogP contribution is 2.37. The number of nitrogens with zero attached hydrogens (tertiary/aromatic N) is 3. The normalized spacial score (nSPS) is 18.2. The molecule has 42 heavy (non-hydrogen) atoms. The number of carboxylic acid groups (broad SMARTS) is 1. The molecule has 8 nitrogen and oxygen atoms in total. The van der Waals surface area contributed by atoms with E-state index < -0.39 is 5.30 Å². The van der Waals surface area contributed by atoms with Gasteiger partial charge in [0.1, 0.15) is 5.75 Å². The molecule has 0 bridgehead atoms. The summed E-state index contributed by atoms with van der Waals surface area (Å²) in [5.41, 5.74) is 3.91. The Labute approximate surface area is 258 Å². The number of carbonyl (C=O) groups is 2. The average molecular weight is 606 g/mol. The lowest BCUT2D eigenvalue weighted by molar-refractivity contribution is -0.188. The molecule has 0 radical (unpaired) electrons. The Morgan fingerprint density at radius 2 is 1.98 bits per heavy atom. The van der Waals surface area contributed by atoms with Gasteiger partial charge in [0.25, 0.3) is 5.91 Å². The Morgan fingerprint density at radius 1 is 1.26 bits per heavy atom. The number of hydrogen-bond acceptors (Lipinski definition) is 7. The third kappa shape index (κ3) is 12.9. The lowest BCUT2D eigenvalue weighted by atomic mass is 9.92. The molecule has 1 aromatic carbocycles. The summed E-state index contributed by atoms with van der Waals surface area (Å²) in [5, 5.41) is 8.45. The van der Waals surface area contributed by atoms with Gasteiger partial charge in [-0.2, -0.15) is 0 Å². The van der Waals surface area contributed by atoms with Gasteiger partial charge in [0.15, 0.2) is 0 Å². The van der Waals surface area contributed by atoms with Gasteiger partial charge in [0.05, 0.1) is 19.8 Å². The number of fused-ring (bicyclic) bond motifs is 1. The highest BCUT2D eigenvalue weighted by atomic mass is 32.2. The third-order valence-corrected chi connectivity index (χ3v) is 7.52. The van der Waals surface area contributed by atoms with Crippen molar-refractivity contribution in [1.29, 1.82) is 0 Å². The minimum atomic E-state index is -0.829. The second kappa shape index (κ2) is 21.3. The Hall–Kier alpha value is -2.36. The molecule has 3 rings (SSSR count). The molecular formula is C33H55N3O5S. The average Bonchev–Trinajstić information content (AvgIpc) is 3.63. The Kier molecular flexibility index (Phi) is 19.1. The van der Waals surface area contributed by atoms with E-state index in [-0.39, 0.29) is 5.91 Å².